The maximum Gasteiger partial charge on any atom is 0.232 e. The molecule has 4 nitrogen and oxygen atoms in total. The summed E-state index contributed by atoms with van der Waals surface area (Å²) >= 11 is 1.59. The number of rotatable bonds is 3. The van der Waals surface area contributed by atoms with Crippen LogP contribution in [0.5, 0.6) is 0 Å². The predicted octanol–water partition coefficient (Wildman–Crippen LogP) is 1.91. The Bertz CT molecular complexity index is 524. The first-order valence-corrected chi connectivity index (χ1v) is 8.38. The van der Waals surface area contributed by atoms with Crippen molar-refractivity contribution in [3.63, 3.8) is 0 Å². The van der Waals surface area contributed by atoms with Crippen molar-refractivity contribution in [2.75, 3.05) is 25.4 Å². The monoisotopic (exact) mass is 304 g/mol. The zero-order valence-corrected chi connectivity index (χ0v) is 12.8. The van der Waals surface area contributed by atoms with Crippen LogP contribution in [0.4, 0.5) is 0 Å². The quantitative estimate of drug-likeness (QED) is 0.868. The number of carbonyl (C=O) groups is 2. The number of likely N-dealkylation sites (tertiary alicyclic amines) is 1. The van der Waals surface area contributed by atoms with Crippen LogP contribution in [0, 0.1) is 5.41 Å². The molecule has 21 heavy (non-hydrogen) atoms. The van der Waals surface area contributed by atoms with Gasteiger partial charge in [-0.05, 0) is 30.4 Å². The third-order valence-electron chi connectivity index (χ3n) is 4.48. The lowest BCUT2D eigenvalue weighted by Gasteiger charge is -2.38. The molecule has 2 aliphatic rings. The molecule has 112 valence electrons. The minimum absolute atomic E-state index is 0.112. The van der Waals surface area contributed by atoms with Crippen LogP contribution in [0.2, 0.25) is 0 Å². The van der Waals surface area contributed by atoms with E-state index in [9.17, 15) is 9.59 Å². The summed E-state index contributed by atoms with van der Waals surface area (Å²) in [5.41, 5.74) is 0.112. The van der Waals surface area contributed by atoms with Gasteiger partial charge in [0.05, 0.1) is 5.75 Å². The Hall–Kier alpha value is -1.49. The number of nitrogens with one attached hydrogen (secondary N) is 1. The lowest BCUT2D eigenvalue weighted by molar-refractivity contribution is -0.130. The lowest BCUT2D eigenvalue weighted by atomic mass is 9.78. The topological polar surface area (TPSA) is 49.4 Å². The van der Waals surface area contributed by atoms with Gasteiger partial charge in [-0.2, -0.15) is 0 Å². The summed E-state index contributed by atoms with van der Waals surface area (Å²) in [6.07, 6.45) is 2.51. The molecule has 2 aliphatic heterocycles. The van der Waals surface area contributed by atoms with E-state index in [4.69, 9.17) is 0 Å². The van der Waals surface area contributed by atoms with Crippen LogP contribution in [0.25, 0.3) is 0 Å². The fourth-order valence-corrected chi connectivity index (χ4v) is 3.91. The summed E-state index contributed by atoms with van der Waals surface area (Å²) in [7, 11) is 0. The summed E-state index contributed by atoms with van der Waals surface area (Å²) in [5, 5.41) is 2.92. The lowest BCUT2D eigenvalue weighted by Crippen LogP contribution is -2.44. The molecule has 1 aromatic rings. The van der Waals surface area contributed by atoms with Crippen LogP contribution in [-0.4, -0.2) is 42.1 Å². The van der Waals surface area contributed by atoms with E-state index in [1.807, 2.05) is 35.2 Å². The van der Waals surface area contributed by atoms with Gasteiger partial charge >= 0.3 is 0 Å². The average molecular weight is 304 g/mol. The average Bonchev–Trinajstić information content (AvgIpc) is 2.87. The van der Waals surface area contributed by atoms with Gasteiger partial charge in [0, 0.05) is 31.0 Å². The van der Waals surface area contributed by atoms with Crippen molar-refractivity contribution in [1.29, 1.82) is 0 Å². The van der Waals surface area contributed by atoms with Gasteiger partial charge in [-0.3, -0.25) is 9.59 Å². The predicted molar refractivity (Wildman–Crippen MR) is 83.0 cm³/mol. The third kappa shape index (κ3) is 3.40. The van der Waals surface area contributed by atoms with Gasteiger partial charge in [-0.15, -0.1) is 11.8 Å². The molecule has 0 aromatic heterocycles. The first-order chi connectivity index (χ1) is 10.2. The minimum Gasteiger partial charge on any atom is -0.356 e. The molecule has 0 aliphatic carbocycles. The summed E-state index contributed by atoms with van der Waals surface area (Å²) in [6.45, 7) is 2.35. The van der Waals surface area contributed by atoms with E-state index in [0.29, 0.717) is 12.2 Å². The minimum atomic E-state index is 0.112. The Morgan fingerprint density at radius 1 is 1.24 bits per heavy atom. The number of carbonyl (C=O) groups excluding carboxylic acids is 2. The summed E-state index contributed by atoms with van der Waals surface area (Å²) < 4.78 is 0. The molecular formula is C16H20N2O2S. The second-order valence-electron chi connectivity index (χ2n) is 5.94. The Labute approximate surface area is 129 Å². The maximum atomic E-state index is 12.3. The molecular weight excluding hydrogens is 284 g/mol. The third-order valence-corrected chi connectivity index (χ3v) is 5.48. The molecule has 2 saturated heterocycles. The molecule has 1 spiro atoms. The Kier molecular flexibility index (Phi) is 4.19. The van der Waals surface area contributed by atoms with Gasteiger partial charge in [0.2, 0.25) is 11.8 Å². The van der Waals surface area contributed by atoms with Crippen LogP contribution in [0.15, 0.2) is 35.2 Å². The van der Waals surface area contributed by atoms with E-state index in [2.05, 4.69) is 5.32 Å². The highest BCUT2D eigenvalue weighted by Crippen LogP contribution is 2.37. The zero-order valence-electron chi connectivity index (χ0n) is 12.0. The van der Waals surface area contributed by atoms with Crippen molar-refractivity contribution >= 4 is 23.6 Å². The molecule has 2 amide bonds. The van der Waals surface area contributed by atoms with Gasteiger partial charge in [0.15, 0.2) is 0 Å². The Balaban J connectivity index is 1.48. The number of hydrogen-bond acceptors (Lipinski definition) is 3. The standard InChI is InChI=1S/C16H20N2O2S/c19-14-10-16(12-17-14)6-8-18(9-7-16)15(20)11-21-13-4-2-1-3-5-13/h1-5H,6-12H2,(H,17,19). The van der Waals surface area contributed by atoms with Gasteiger partial charge < -0.3 is 10.2 Å². The Morgan fingerprint density at radius 2 is 1.95 bits per heavy atom. The second-order valence-corrected chi connectivity index (χ2v) is 6.98. The summed E-state index contributed by atoms with van der Waals surface area (Å²) in [6, 6.07) is 10.0. The summed E-state index contributed by atoms with van der Waals surface area (Å²) in [4.78, 5) is 26.7. The van der Waals surface area contributed by atoms with Crippen molar-refractivity contribution in [2.24, 2.45) is 5.41 Å². The number of thioether (sulfide) groups is 1. The second kappa shape index (κ2) is 6.10. The fraction of sp³-hybridized carbons (Fsp3) is 0.500. The molecule has 0 saturated carbocycles. The van der Waals surface area contributed by atoms with E-state index in [-0.39, 0.29) is 17.2 Å². The highest BCUT2D eigenvalue weighted by molar-refractivity contribution is 8.00. The van der Waals surface area contributed by atoms with E-state index in [0.717, 1.165) is 37.4 Å². The first-order valence-electron chi connectivity index (χ1n) is 7.39. The van der Waals surface area contributed by atoms with Crippen LogP contribution < -0.4 is 5.32 Å². The smallest absolute Gasteiger partial charge is 0.232 e. The van der Waals surface area contributed by atoms with E-state index in [1.54, 1.807) is 11.8 Å². The molecule has 0 bridgehead atoms. The number of amides is 2. The van der Waals surface area contributed by atoms with Crippen molar-refractivity contribution in [3.05, 3.63) is 30.3 Å². The molecule has 2 heterocycles. The van der Waals surface area contributed by atoms with Gasteiger partial charge in [-0.1, -0.05) is 18.2 Å². The molecule has 2 fully saturated rings. The van der Waals surface area contributed by atoms with Crippen LogP contribution in [0.3, 0.4) is 0 Å². The maximum absolute atomic E-state index is 12.3. The molecule has 3 rings (SSSR count). The summed E-state index contributed by atoms with van der Waals surface area (Å²) in [5.74, 6) is 0.860. The number of piperidine rings is 1. The fourth-order valence-electron chi connectivity index (χ4n) is 3.09. The highest BCUT2D eigenvalue weighted by Gasteiger charge is 2.41. The van der Waals surface area contributed by atoms with Crippen LogP contribution in [0.1, 0.15) is 19.3 Å². The molecule has 0 atom stereocenters. The number of nitrogens with zero attached hydrogens (tertiary/aromatic N) is 1. The van der Waals surface area contributed by atoms with Crippen LogP contribution >= 0.6 is 11.8 Å². The molecule has 5 heteroatoms. The molecule has 1 N–H and O–H groups in total. The molecule has 1 aromatic carbocycles. The van der Waals surface area contributed by atoms with E-state index in [1.165, 1.54) is 0 Å². The Morgan fingerprint density at radius 3 is 2.57 bits per heavy atom. The number of hydrogen-bond donors (Lipinski definition) is 1. The zero-order chi connectivity index (χ0) is 14.7. The molecule has 0 radical (unpaired) electrons. The van der Waals surface area contributed by atoms with Crippen LogP contribution in [-0.2, 0) is 9.59 Å². The van der Waals surface area contributed by atoms with Gasteiger partial charge in [-0.25, -0.2) is 0 Å². The highest BCUT2D eigenvalue weighted by atomic mass is 32.2. The SMILES string of the molecule is O=C1CC2(CCN(C(=O)CSc3ccccc3)CC2)CN1. The largest absolute Gasteiger partial charge is 0.356 e. The first kappa shape index (κ1) is 14.4. The van der Waals surface area contributed by atoms with Gasteiger partial charge in [0.1, 0.15) is 0 Å². The van der Waals surface area contributed by atoms with Crippen molar-refractivity contribution < 1.29 is 9.59 Å². The van der Waals surface area contributed by atoms with Gasteiger partial charge in [0.25, 0.3) is 0 Å². The normalized spacial score (nSPS) is 20.6. The van der Waals surface area contributed by atoms with Crippen molar-refractivity contribution in [3.8, 4) is 0 Å². The van der Waals surface area contributed by atoms with Crippen molar-refractivity contribution in [2.45, 2.75) is 24.2 Å². The molecule has 0 unspecified atom stereocenters. The van der Waals surface area contributed by atoms with Crippen molar-refractivity contribution in [1.82, 2.24) is 10.2 Å². The number of benzene rings is 1. The van der Waals surface area contributed by atoms with E-state index >= 15 is 0 Å². The van der Waals surface area contributed by atoms with E-state index < -0.39 is 0 Å².